The number of carbonyl (C=O) groups excluding carboxylic acids is 1. The van der Waals surface area contributed by atoms with Gasteiger partial charge in [-0.2, -0.15) is 0 Å². The van der Waals surface area contributed by atoms with E-state index in [-0.39, 0.29) is 5.56 Å². The molecule has 0 spiro atoms. The van der Waals surface area contributed by atoms with Gasteiger partial charge in [0.25, 0.3) is 5.91 Å². The minimum atomic E-state index is -0.560. The monoisotopic (exact) mass is 470 g/mol. The van der Waals surface area contributed by atoms with Crippen LogP contribution in [0.15, 0.2) is 78.2 Å². The van der Waals surface area contributed by atoms with E-state index in [9.17, 15) is 9.18 Å². The quantitative estimate of drug-likeness (QED) is 0.299. The summed E-state index contributed by atoms with van der Waals surface area (Å²) in [5.74, 6) is -0.994. The van der Waals surface area contributed by atoms with Gasteiger partial charge in [0.2, 0.25) is 0 Å². The first kappa shape index (κ1) is 21.5. The van der Waals surface area contributed by atoms with Crippen molar-refractivity contribution in [3.8, 4) is 11.3 Å². The van der Waals surface area contributed by atoms with Gasteiger partial charge in [-0.3, -0.25) is 9.69 Å². The molecule has 1 amide bonds. The molecule has 1 heterocycles. The van der Waals surface area contributed by atoms with E-state index < -0.39 is 11.7 Å². The Hall–Kier alpha value is -2.73. The van der Waals surface area contributed by atoms with E-state index in [0.29, 0.717) is 33.8 Å². The lowest BCUT2D eigenvalue weighted by Gasteiger charge is -2.20. The molecule has 0 unspecified atom stereocenters. The van der Waals surface area contributed by atoms with E-state index >= 15 is 0 Å². The van der Waals surface area contributed by atoms with Gasteiger partial charge in [-0.05, 0) is 42.3 Å². The summed E-state index contributed by atoms with van der Waals surface area (Å²) < 4.78 is 14.3. The SMILES string of the molecule is O=C(c1ccccc1F)N(CCc1ccccc1)c1nc(-c2ccc(Cl)cc2Cl)cs1. The average Bonchev–Trinajstić information content (AvgIpc) is 3.24. The number of nitrogens with zero attached hydrogens (tertiary/aromatic N) is 2. The van der Waals surface area contributed by atoms with Crippen molar-refractivity contribution >= 4 is 45.6 Å². The topological polar surface area (TPSA) is 33.2 Å². The Morgan fingerprint density at radius 2 is 1.74 bits per heavy atom. The van der Waals surface area contributed by atoms with Crippen molar-refractivity contribution in [2.75, 3.05) is 11.4 Å². The van der Waals surface area contributed by atoms with Gasteiger partial charge in [-0.25, -0.2) is 9.37 Å². The van der Waals surface area contributed by atoms with Crippen LogP contribution in [0.1, 0.15) is 15.9 Å². The van der Waals surface area contributed by atoms with Crippen molar-refractivity contribution in [3.05, 3.63) is 105 Å². The van der Waals surface area contributed by atoms with Gasteiger partial charge < -0.3 is 0 Å². The number of aromatic nitrogens is 1. The van der Waals surface area contributed by atoms with Gasteiger partial charge in [-0.15, -0.1) is 11.3 Å². The summed E-state index contributed by atoms with van der Waals surface area (Å²) in [5.41, 5.74) is 2.44. The third kappa shape index (κ3) is 4.96. The predicted molar refractivity (Wildman–Crippen MR) is 126 cm³/mol. The van der Waals surface area contributed by atoms with Gasteiger partial charge in [0.05, 0.1) is 16.3 Å². The van der Waals surface area contributed by atoms with Crippen LogP contribution >= 0.6 is 34.5 Å². The van der Waals surface area contributed by atoms with Crippen molar-refractivity contribution in [2.45, 2.75) is 6.42 Å². The van der Waals surface area contributed by atoms with E-state index in [4.69, 9.17) is 23.2 Å². The molecule has 0 bridgehead atoms. The summed E-state index contributed by atoms with van der Waals surface area (Å²) in [4.78, 5) is 19.4. The molecule has 0 aliphatic rings. The first-order valence-corrected chi connectivity index (χ1v) is 11.2. The molecular weight excluding hydrogens is 454 g/mol. The number of halogens is 3. The lowest BCUT2D eigenvalue weighted by Crippen LogP contribution is -2.33. The Morgan fingerprint density at radius 3 is 2.48 bits per heavy atom. The van der Waals surface area contributed by atoms with Crippen LogP contribution in [-0.4, -0.2) is 17.4 Å². The normalized spacial score (nSPS) is 10.8. The summed E-state index contributed by atoms with van der Waals surface area (Å²) >= 11 is 13.6. The highest BCUT2D eigenvalue weighted by Gasteiger charge is 2.23. The maximum atomic E-state index is 14.3. The van der Waals surface area contributed by atoms with E-state index in [1.54, 1.807) is 30.3 Å². The summed E-state index contributed by atoms with van der Waals surface area (Å²) in [5, 5.41) is 3.31. The van der Waals surface area contributed by atoms with Crippen LogP contribution in [0.4, 0.5) is 9.52 Å². The molecule has 0 N–H and O–H groups in total. The van der Waals surface area contributed by atoms with Gasteiger partial charge in [0.1, 0.15) is 5.82 Å². The number of anilines is 1. The lowest BCUT2D eigenvalue weighted by atomic mass is 10.1. The van der Waals surface area contributed by atoms with Gasteiger partial charge in [-0.1, -0.05) is 65.7 Å². The molecule has 7 heteroatoms. The highest BCUT2D eigenvalue weighted by molar-refractivity contribution is 7.14. The molecule has 3 nitrogen and oxygen atoms in total. The molecule has 4 aromatic rings. The molecule has 0 saturated heterocycles. The second-order valence-electron chi connectivity index (χ2n) is 6.81. The molecule has 1 aromatic heterocycles. The Kier molecular flexibility index (Phi) is 6.66. The smallest absolute Gasteiger partial charge is 0.263 e. The van der Waals surface area contributed by atoms with Crippen LogP contribution in [0.25, 0.3) is 11.3 Å². The second kappa shape index (κ2) is 9.60. The van der Waals surface area contributed by atoms with Crippen molar-refractivity contribution < 1.29 is 9.18 Å². The molecule has 0 aliphatic carbocycles. The van der Waals surface area contributed by atoms with Crippen LogP contribution in [0.5, 0.6) is 0 Å². The van der Waals surface area contributed by atoms with Crippen molar-refractivity contribution in [3.63, 3.8) is 0 Å². The van der Waals surface area contributed by atoms with E-state index in [0.717, 1.165) is 11.1 Å². The van der Waals surface area contributed by atoms with Crippen LogP contribution in [0, 0.1) is 5.82 Å². The van der Waals surface area contributed by atoms with Gasteiger partial charge in [0.15, 0.2) is 5.13 Å². The zero-order valence-electron chi connectivity index (χ0n) is 16.3. The van der Waals surface area contributed by atoms with Crippen LogP contribution < -0.4 is 4.90 Å². The zero-order chi connectivity index (χ0) is 21.8. The number of carbonyl (C=O) groups is 1. The zero-order valence-corrected chi connectivity index (χ0v) is 18.6. The fourth-order valence-corrected chi connectivity index (χ4v) is 4.51. The highest BCUT2D eigenvalue weighted by Crippen LogP contribution is 2.34. The third-order valence-corrected chi connectivity index (χ3v) is 6.16. The van der Waals surface area contributed by atoms with Crippen molar-refractivity contribution in [1.82, 2.24) is 4.98 Å². The minimum Gasteiger partial charge on any atom is -0.284 e. The number of amides is 1. The Morgan fingerprint density at radius 1 is 1.00 bits per heavy atom. The first-order valence-electron chi connectivity index (χ1n) is 9.54. The molecular formula is C24H17Cl2FN2OS. The highest BCUT2D eigenvalue weighted by atomic mass is 35.5. The van der Waals surface area contributed by atoms with Crippen LogP contribution in [0.2, 0.25) is 10.0 Å². The van der Waals surface area contributed by atoms with E-state index in [1.165, 1.54) is 28.4 Å². The predicted octanol–water partition coefficient (Wildman–Crippen LogP) is 7.15. The number of hydrogen-bond acceptors (Lipinski definition) is 3. The molecule has 0 radical (unpaired) electrons. The van der Waals surface area contributed by atoms with Gasteiger partial charge in [0, 0.05) is 22.5 Å². The molecule has 156 valence electrons. The number of benzene rings is 3. The maximum Gasteiger partial charge on any atom is 0.263 e. The standard InChI is InChI=1S/C24H17Cl2FN2OS/c25-17-10-11-18(20(26)14-17)22-15-31-24(28-22)29(13-12-16-6-2-1-3-7-16)23(30)19-8-4-5-9-21(19)27/h1-11,14-15H,12-13H2. The molecule has 4 rings (SSSR count). The Labute approximate surface area is 193 Å². The lowest BCUT2D eigenvalue weighted by molar-refractivity contribution is 0.0983. The van der Waals surface area contributed by atoms with Crippen LogP contribution in [-0.2, 0) is 6.42 Å². The van der Waals surface area contributed by atoms with E-state index in [1.807, 2.05) is 35.7 Å². The van der Waals surface area contributed by atoms with E-state index in [2.05, 4.69) is 4.98 Å². The molecule has 0 atom stereocenters. The largest absolute Gasteiger partial charge is 0.284 e. The third-order valence-electron chi connectivity index (χ3n) is 4.75. The first-order chi connectivity index (χ1) is 15.0. The fourth-order valence-electron chi connectivity index (χ4n) is 3.16. The summed E-state index contributed by atoms with van der Waals surface area (Å²) in [6.45, 7) is 0.360. The molecule has 3 aromatic carbocycles. The minimum absolute atomic E-state index is 0.0110. The Balaban J connectivity index is 1.68. The summed E-state index contributed by atoms with van der Waals surface area (Å²) in [6, 6.07) is 21.0. The fraction of sp³-hybridized carbons (Fsp3) is 0.0833. The maximum absolute atomic E-state index is 14.3. The van der Waals surface area contributed by atoms with Gasteiger partial charge >= 0.3 is 0 Å². The number of rotatable bonds is 6. The molecule has 0 aliphatic heterocycles. The molecule has 0 fully saturated rings. The molecule has 31 heavy (non-hydrogen) atoms. The van der Waals surface area contributed by atoms with Crippen molar-refractivity contribution in [2.24, 2.45) is 0 Å². The second-order valence-corrected chi connectivity index (χ2v) is 8.49. The molecule has 0 saturated carbocycles. The Bertz CT molecular complexity index is 1210. The van der Waals surface area contributed by atoms with Crippen molar-refractivity contribution in [1.29, 1.82) is 0 Å². The summed E-state index contributed by atoms with van der Waals surface area (Å²) in [6.07, 6.45) is 0.609. The number of hydrogen-bond donors (Lipinski definition) is 0. The van der Waals surface area contributed by atoms with Crippen LogP contribution in [0.3, 0.4) is 0 Å². The average molecular weight is 471 g/mol. The number of thiazole rings is 1. The summed E-state index contributed by atoms with van der Waals surface area (Å²) in [7, 11) is 0.